The van der Waals surface area contributed by atoms with Crippen LogP contribution in [0.15, 0.2) is 0 Å². The molecule has 0 aromatic rings. The van der Waals surface area contributed by atoms with E-state index in [2.05, 4.69) is 5.92 Å². The fraction of sp³-hybridized carbons (Fsp3) is 0.600. The second kappa shape index (κ2) is 6.69. The molecule has 0 saturated heterocycles. The van der Waals surface area contributed by atoms with Crippen LogP contribution in [0.3, 0.4) is 0 Å². The Labute approximate surface area is 94.7 Å². The monoisotopic (exact) mass is 228 g/mol. The number of hydrogen-bond donors (Lipinski definition) is 1. The maximum absolute atomic E-state index is 11.4. The van der Waals surface area contributed by atoms with Gasteiger partial charge in [-0.3, -0.25) is 14.5 Å². The Morgan fingerprint density at radius 1 is 1.56 bits per heavy atom. The van der Waals surface area contributed by atoms with E-state index in [1.165, 1.54) is 14.2 Å². The van der Waals surface area contributed by atoms with Crippen LogP contribution in [0.25, 0.3) is 0 Å². The van der Waals surface area contributed by atoms with Gasteiger partial charge >= 0.3 is 6.09 Å². The molecule has 0 saturated carbocycles. The van der Waals surface area contributed by atoms with Crippen molar-refractivity contribution in [1.29, 1.82) is 0 Å². The van der Waals surface area contributed by atoms with Crippen LogP contribution in [0.5, 0.6) is 0 Å². The summed E-state index contributed by atoms with van der Waals surface area (Å²) in [4.78, 5) is 28.0. The molecule has 0 aliphatic heterocycles. The average molecular weight is 228 g/mol. The molecule has 2 amide bonds. The maximum atomic E-state index is 11.4. The Bertz CT molecular complexity index is 298. The molecule has 0 aliphatic carbocycles. The summed E-state index contributed by atoms with van der Waals surface area (Å²) in [5.74, 6) is 1.93. The van der Waals surface area contributed by atoms with Crippen molar-refractivity contribution in [3.05, 3.63) is 0 Å². The molecule has 0 heterocycles. The largest absolute Gasteiger partial charge is 0.465 e. The smallest absolute Gasteiger partial charge is 0.408 e. The molecular formula is C10H16N2O4. The first-order chi connectivity index (χ1) is 7.43. The molecule has 16 heavy (non-hydrogen) atoms. The summed E-state index contributed by atoms with van der Waals surface area (Å²) in [6.07, 6.45) is 3.93. The van der Waals surface area contributed by atoms with Crippen molar-refractivity contribution in [1.82, 2.24) is 9.96 Å². The van der Waals surface area contributed by atoms with E-state index in [1.54, 1.807) is 6.92 Å². The summed E-state index contributed by atoms with van der Waals surface area (Å²) >= 11 is 0. The van der Waals surface area contributed by atoms with Gasteiger partial charge in [0.05, 0.1) is 13.7 Å². The minimum absolute atomic E-state index is 0.0261. The highest BCUT2D eigenvalue weighted by atomic mass is 16.7. The van der Waals surface area contributed by atoms with Crippen LogP contribution in [0.2, 0.25) is 0 Å². The predicted molar refractivity (Wildman–Crippen MR) is 57.4 cm³/mol. The topological polar surface area (TPSA) is 70.1 Å². The van der Waals surface area contributed by atoms with Crippen molar-refractivity contribution in [3.63, 3.8) is 0 Å². The average Bonchev–Trinajstić information content (AvgIpc) is 2.23. The van der Waals surface area contributed by atoms with Crippen LogP contribution in [0.1, 0.15) is 13.3 Å². The molecule has 6 nitrogen and oxygen atoms in total. The van der Waals surface area contributed by atoms with E-state index in [1.807, 2.05) is 0 Å². The van der Waals surface area contributed by atoms with Gasteiger partial charge in [-0.25, -0.2) is 9.86 Å². The third-order valence-electron chi connectivity index (χ3n) is 2.13. The number of nitrogens with zero attached hydrogens (tertiary/aromatic N) is 2. The van der Waals surface area contributed by atoms with Crippen LogP contribution >= 0.6 is 0 Å². The van der Waals surface area contributed by atoms with Gasteiger partial charge in [-0.05, 0) is 6.92 Å². The highest BCUT2D eigenvalue weighted by Gasteiger charge is 2.22. The first kappa shape index (κ1) is 14.3. The summed E-state index contributed by atoms with van der Waals surface area (Å²) in [6.45, 7) is 1.58. The summed E-state index contributed by atoms with van der Waals surface area (Å²) < 4.78 is 0. The van der Waals surface area contributed by atoms with Gasteiger partial charge in [0.25, 0.3) is 0 Å². The zero-order valence-corrected chi connectivity index (χ0v) is 9.64. The van der Waals surface area contributed by atoms with Crippen molar-refractivity contribution in [3.8, 4) is 12.3 Å². The van der Waals surface area contributed by atoms with Crippen LogP contribution in [-0.2, 0) is 9.63 Å². The fourth-order valence-electron chi connectivity index (χ4n) is 1.10. The lowest BCUT2D eigenvalue weighted by molar-refractivity contribution is -0.169. The molecule has 1 N–H and O–H groups in total. The number of carbonyl (C=O) groups is 2. The summed E-state index contributed by atoms with van der Waals surface area (Å²) in [7, 11) is 2.82. The molecular weight excluding hydrogens is 212 g/mol. The Morgan fingerprint density at radius 2 is 2.12 bits per heavy atom. The molecule has 0 aromatic heterocycles. The van der Waals surface area contributed by atoms with Gasteiger partial charge in [-0.1, -0.05) is 5.92 Å². The zero-order chi connectivity index (χ0) is 12.7. The first-order valence-electron chi connectivity index (χ1n) is 4.67. The highest BCUT2D eigenvalue weighted by molar-refractivity contribution is 5.76. The Balaban J connectivity index is 4.42. The third kappa shape index (κ3) is 4.19. The molecule has 0 rings (SSSR count). The van der Waals surface area contributed by atoms with E-state index >= 15 is 0 Å². The minimum Gasteiger partial charge on any atom is -0.465 e. The second-order valence-corrected chi connectivity index (χ2v) is 3.24. The van der Waals surface area contributed by atoms with E-state index in [4.69, 9.17) is 16.4 Å². The molecule has 1 atom stereocenters. The molecule has 0 aliphatic rings. The van der Waals surface area contributed by atoms with Gasteiger partial charge in [-0.2, -0.15) is 0 Å². The maximum Gasteiger partial charge on any atom is 0.408 e. The van der Waals surface area contributed by atoms with E-state index in [9.17, 15) is 9.59 Å². The molecule has 90 valence electrons. The first-order valence-corrected chi connectivity index (χ1v) is 4.67. The van der Waals surface area contributed by atoms with Gasteiger partial charge < -0.3 is 5.11 Å². The Morgan fingerprint density at radius 3 is 2.50 bits per heavy atom. The fourth-order valence-corrected chi connectivity index (χ4v) is 1.10. The van der Waals surface area contributed by atoms with Crippen molar-refractivity contribution in [2.75, 3.05) is 20.7 Å². The van der Waals surface area contributed by atoms with Crippen LogP contribution < -0.4 is 0 Å². The molecule has 0 bridgehead atoms. The summed E-state index contributed by atoms with van der Waals surface area (Å²) in [5.41, 5.74) is 0. The molecule has 0 fully saturated rings. The van der Waals surface area contributed by atoms with E-state index in [-0.39, 0.29) is 18.9 Å². The van der Waals surface area contributed by atoms with Gasteiger partial charge in [-0.15, -0.1) is 6.42 Å². The van der Waals surface area contributed by atoms with Gasteiger partial charge in [0.1, 0.15) is 0 Å². The second-order valence-electron chi connectivity index (χ2n) is 3.24. The number of hydrogen-bond acceptors (Lipinski definition) is 3. The quantitative estimate of drug-likeness (QED) is 0.546. The van der Waals surface area contributed by atoms with Gasteiger partial charge in [0, 0.05) is 19.5 Å². The van der Waals surface area contributed by atoms with E-state index in [0.717, 1.165) is 9.96 Å². The number of carboxylic acid groups (broad SMARTS) is 1. The van der Waals surface area contributed by atoms with E-state index < -0.39 is 12.1 Å². The lowest BCUT2D eigenvalue weighted by Gasteiger charge is -2.25. The number of amides is 2. The summed E-state index contributed by atoms with van der Waals surface area (Å²) in [5, 5.41) is 9.91. The van der Waals surface area contributed by atoms with Crippen molar-refractivity contribution >= 4 is 12.0 Å². The number of rotatable bonds is 5. The van der Waals surface area contributed by atoms with Crippen LogP contribution in [-0.4, -0.2) is 53.8 Å². The molecule has 1 unspecified atom stereocenters. The van der Waals surface area contributed by atoms with Crippen LogP contribution in [0.4, 0.5) is 4.79 Å². The summed E-state index contributed by atoms with van der Waals surface area (Å²) in [6, 6.07) is -0.487. The van der Waals surface area contributed by atoms with E-state index in [0.29, 0.717) is 0 Å². The Kier molecular flexibility index (Phi) is 5.96. The zero-order valence-electron chi connectivity index (χ0n) is 9.64. The molecule has 0 spiro atoms. The highest BCUT2D eigenvalue weighted by Crippen LogP contribution is 2.06. The molecule has 0 radical (unpaired) electrons. The van der Waals surface area contributed by atoms with Crippen molar-refractivity contribution in [2.45, 2.75) is 19.4 Å². The standard InChI is InChI=1S/C10H16N2O4/c1-5-6-12(10(14)15)8(2)7-9(13)11(3)16-4/h1,8H,6-7H2,2-4H3,(H,14,15). The molecule has 0 aromatic carbocycles. The Hall–Kier alpha value is -1.74. The minimum atomic E-state index is -1.14. The normalized spacial score (nSPS) is 11.4. The van der Waals surface area contributed by atoms with Crippen molar-refractivity contribution in [2.24, 2.45) is 0 Å². The predicted octanol–water partition coefficient (Wildman–Crippen LogP) is 0.398. The number of terminal acetylenes is 1. The van der Waals surface area contributed by atoms with Crippen LogP contribution in [0, 0.1) is 12.3 Å². The number of carbonyl (C=O) groups excluding carboxylic acids is 1. The molecule has 6 heteroatoms. The SMILES string of the molecule is C#CCN(C(=O)O)C(C)CC(=O)N(C)OC. The lowest BCUT2D eigenvalue weighted by Crippen LogP contribution is -2.41. The van der Waals surface area contributed by atoms with Gasteiger partial charge in [0.15, 0.2) is 0 Å². The third-order valence-corrected chi connectivity index (χ3v) is 2.13. The van der Waals surface area contributed by atoms with Gasteiger partial charge in [0.2, 0.25) is 5.91 Å². The van der Waals surface area contributed by atoms with Crippen molar-refractivity contribution < 1.29 is 19.5 Å². The number of hydroxylamine groups is 2. The lowest BCUT2D eigenvalue weighted by atomic mass is 10.2.